The van der Waals surface area contributed by atoms with Crippen molar-refractivity contribution in [1.82, 2.24) is 0 Å². The number of halogens is 1. The van der Waals surface area contributed by atoms with Crippen molar-refractivity contribution in [2.75, 3.05) is 11.9 Å². The van der Waals surface area contributed by atoms with Crippen LogP contribution in [0.25, 0.3) is 0 Å². The Kier molecular flexibility index (Phi) is 7.22. The first-order valence-electron chi connectivity index (χ1n) is 8.34. The number of hydrogen-bond acceptors (Lipinski definition) is 2. The molecule has 0 saturated carbocycles. The van der Waals surface area contributed by atoms with Crippen LogP contribution >= 0.6 is 0 Å². The van der Waals surface area contributed by atoms with E-state index in [-0.39, 0.29) is 5.82 Å². The lowest BCUT2D eigenvalue weighted by molar-refractivity contribution is 0.628. The molecular formula is C23H21FN2. The summed E-state index contributed by atoms with van der Waals surface area (Å²) in [6, 6.07) is 6.38. The molecule has 0 unspecified atom stereocenters. The van der Waals surface area contributed by atoms with Gasteiger partial charge in [0.25, 0.3) is 0 Å². The molecule has 2 nitrogen and oxygen atoms in total. The van der Waals surface area contributed by atoms with Crippen LogP contribution in [0.3, 0.4) is 0 Å². The van der Waals surface area contributed by atoms with Crippen LogP contribution in [0.1, 0.15) is 20.3 Å². The number of benzene rings is 1. The van der Waals surface area contributed by atoms with Crippen molar-refractivity contribution >= 4 is 11.4 Å². The SMILES string of the molecule is CC=C=C(C#CC1=N/C=C\C=C=CC1)/C=C(/C)N(C)c1ccc(F)cc1. The van der Waals surface area contributed by atoms with Crippen molar-refractivity contribution in [1.29, 1.82) is 0 Å². The Bertz CT molecular complexity index is 919. The molecule has 0 saturated heterocycles. The highest BCUT2D eigenvalue weighted by Crippen LogP contribution is 2.18. The second-order valence-corrected chi connectivity index (χ2v) is 5.58. The maximum absolute atomic E-state index is 13.1. The van der Waals surface area contributed by atoms with Crippen LogP contribution in [0.5, 0.6) is 0 Å². The topological polar surface area (TPSA) is 15.6 Å². The first-order chi connectivity index (χ1) is 12.6. The minimum Gasteiger partial charge on any atom is -0.348 e. The molecule has 0 aliphatic carbocycles. The fraction of sp³-hybridized carbons (Fsp3) is 0.174. The van der Waals surface area contributed by atoms with Gasteiger partial charge < -0.3 is 4.90 Å². The summed E-state index contributed by atoms with van der Waals surface area (Å²) in [5, 5.41) is 0. The van der Waals surface area contributed by atoms with Crippen molar-refractivity contribution in [3.05, 3.63) is 89.4 Å². The highest BCUT2D eigenvalue weighted by Gasteiger charge is 2.03. The standard InChI is InChI=1S/C23H21FN2/c1-4-9-20(11-14-22-10-7-5-6-8-17-25-22)18-19(2)26(3)23-15-12-21(24)13-16-23/h4,6-8,12-13,15-18H,10H2,1-3H3/b17-8-,19-18-,25-22?. The lowest BCUT2D eigenvalue weighted by atomic mass is 10.2. The number of aliphatic imine (C=N–C) groups is 1. The zero-order chi connectivity index (χ0) is 18.8. The summed E-state index contributed by atoms with van der Waals surface area (Å²) < 4.78 is 13.1. The van der Waals surface area contributed by atoms with Gasteiger partial charge in [-0.2, -0.15) is 0 Å². The van der Waals surface area contributed by atoms with E-state index in [1.54, 1.807) is 18.3 Å². The van der Waals surface area contributed by atoms with E-state index in [2.05, 4.69) is 28.3 Å². The molecule has 0 spiro atoms. The van der Waals surface area contributed by atoms with Crippen LogP contribution < -0.4 is 4.90 Å². The minimum absolute atomic E-state index is 0.248. The van der Waals surface area contributed by atoms with E-state index in [1.807, 2.05) is 56.2 Å². The van der Waals surface area contributed by atoms with E-state index in [1.165, 1.54) is 12.1 Å². The third kappa shape index (κ3) is 5.96. The number of anilines is 1. The Morgan fingerprint density at radius 1 is 1.31 bits per heavy atom. The maximum atomic E-state index is 13.1. The fourth-order valence-electron chi connectivity index (χ4n) is 2.17. The molecule has 0 aromatic heterocycles. The number of nitrogens with zero attached hydrogens (tertiary/aromatic N) is 2. The van der Waals surface area contributed by atoms with Crippen molar-refractivity contribution < 1.29 is 4.39 Å². The zero-order valence-electron chi connectivity index (χ0n) is 15.3. The average Bonchev–Trinajstić information content (AvgIpc) is 2.60. The summed E-state index contributed by atoms with van der Waals surface area (Å²) >= 11 is 0. The normalized spacial score (nSPS) is 14.2. The van der Waals surface area contributed by atoms with Crippen LogP contribution in [0.15, 0.2) is 88.6 Å². The van der Waals surface area contributed by atoms with E-state index in [0.29, 0.717) is 6.42 Å². The monoisotopic (exact) mass is 344 g/mol. The van der Waals surface area contributed by atoms with Gasteiger partial charge in [-0.05, 0) is 74.4 Å². The van der Waals surface area contributed by atoms with E-state index >= 15 is 0 Å². The first kappa shape index (κ1) is 19.0. The van der Waals surface area contributed by atoms with Crippen molar-refractivity contribution in [2.45, 2.75) is 20.3 Å². The zero-order valence-corrected chi connectivity index (χ0v) is 15.3. The second kappa shape index (κ2) is 9.87. The largest absolute Gasteiger partial charge is 0.348 e. The molecule has 0 bridgehead atoms. The molecule has 0 fully saturated rings. The third-order valence-electron chi connectivity index (χ3n) is 3.66. The van der Waals surface area contributed by atoms with E-state index < -0.39 is 0 Å². The van der Waals surface area contributed by atoms with E-state index in [0.717, 1.165) is 22.7 Å². The molecule has 0 radical (unpaired) electrons. The Labute approximate surface area is 154 Å². The molecule has 1 aromatic rings. The molecule has 1 heterocycles. The van der Waals surface area contributed by atoms with Gasteiger partial charge >= 0.3 is 0 Å². The molecule has 1 aromatic carbocycles. The van der Waals surface area contributed by atoms with Crippen LogP contribution in [0.2, 0.25) is 0 Å². The van der Waals surface area contributed by atoms with Gasteiger partial charge in [0.1, 0.15) is 5.82 Å². The Balaban J connectivity index is 2.24. The van der Waals surface area contributed by atoms with Gasteiger partial charge in [-0.3, -0.25) is 4.99 Å². The second-order valence-electron chi connectivity index (χ2n) is 5.58. The molecule has 0 atom stereocenters. The maximum Gasteiger partial charge on any atom is 0.123 e. The third-order valence-corrected chi connectivity index (χ3v) is 3.66. The predicted octanol–water partition coefficient (Wildman–Crippen LogP) is 5.34. The quantitative estimate of drug-likeness (QED) is 0.410. The van der Waals surface area contributed by atoms with Gasteiger partial charge in [0.2, 0.25) is 0 Å². The minimum atomic E-state index is -0.248. The number of allylic oxidation sites excluding steroid dienone is 5. The first-order valence-corrected chi connectivity index (χ1v) is 8.34. The highest BCUT2D eigenvalue weighted by atomic mass is 19.1. The summed E-state index contributed by atoms with van der Waals surface area (Å²) in [4.78, 5) is 6.30. The molecule has 2 rings (SSSR count). The number of rotatable bonds is 3. The fourth-order valence-corrected chi connectivity index (χ4v) is 2.17. The summed E-state index contributed by atoms with van der Waals surface area (Å²) in [6.07, 6.45) is 11.7. The summed E-state index contributed by atoms with van der Waals surface area (Å²) in [5.41, 5.74) is 9.59. The predicted molar refractivity (Wildman–Crippen MR) is 107 cm³/mol. The summed E-state index contributed by atoms with van der Waals surface area (Å²) in [6.45, 7) is 3.88. The van der Waals surface area contributed by atoms with Gasteiger partial charge in [-0.25, -0.2) is 4.39 Å². The molecular weight excluding hydrogens is 323 g/mol. The van der Waals surface area contributed by atoms with Gasteiger partial charge in [0.05, 0.1) is 11.3 Å². The molecule has 3 heteroatoms. The van der Waals surface area contributed by atoms with E-state index in [4.69, 9.17) is 0 Å². The molecule has 130 valence electrons. The summed E-state index contributed by atoms with van der Waals surface area (Å²) in [7, 11) is 1.93. The van der Waals surface area contributed by atoms with Gasteiger partial charge in [0.15, 0.2) is 0 Å². The van der Waals surface area contributed by atoms with Crippen LogP contribution in [0.4, 0.5) is 10.1 Å². The Hall–Kier alpha value is -3.30. The lowest BCUT2D eigenvalue weighted by Gasteiger charge is -2.19. The smallest absolute Gasteiger partial charge is 0.123 e. The van der Waals surface area contributed by atoms with Crippen LogP contribution in [-0.2, 0) is 0 Å². The van der Waals surface area contributed by atoms with Crippen molar-refractivity contribution in [3.63, 3.8) is 0 Å². The highest BCUT2D eigenvalue weighted by molar-refractivity contribution is 6.02. The van der Waals surface area contributed by atoms with Crippen molar-refractivity contribution in [2.24, 2.45) is 4.99 Å². The molecule has 1 aliphatic rings. The number of hydrogen-bond donors (Lipinski definition) is 0. The molecule has 0 N–H and O–H groups in total. The van der Waals surface area contributed by atoms with Crippen LogP contribution in [0, 0.1) is 17.7 Å². The van der Waals surface area contributed by atoms with E-state index in [9.17, 15) is 4.39 Å². The molecule has 26 heavy (non-hydrogen) atoms. The Morgan fingerprint density at radius 3 is 2.81 bits per heavy atom. The van der Waals surface area contributed by atoms with Gasteiger partial charge in [-0.15, -0.1) is 11.5 Å². The molecule has 0 amide bonds. The van der Waals surface area contributed by atoms with Gasteiger partial charge in [0, 0.05) is 31.1 Å². The lowest BCUT2D eigenvalue weighted by Crippen LogP contribution is -2.14. The Morgan fingerprint density at radius 2 is 2.08 bits per heavy atom. The van der Waals surface area contributed by atoms with Crippen molar-refractivity contribution in [3.8, 4) is 11.8 Å². The average molecular weight is 344 g/mol. The molecule has 1 aliphatic heterocycles. The van der Waals surface area contributed by atoms with Crippen LogP contribution in [-0.4, -0.2) is 12.8 Å². The summed E-state index contributed by atoms with van der Waals surface area (Å²) in [5.74, 6) is 5.97. The van der Waals surface area contributed by atoms with Gasteiger partial charge in [-0.1, -0.05) is 5.92 Å².